The summed E-state index contributed by atoms with van der Waals surface area (Å²) in [6, 6.07) is 5.83. The highest BCUT2D eigenvalue weighted by Crippen LogP contribution is 2.25. The maximum Gasteiger partial charge on any atom is 0.125 e. The van der Waals surface area contributed by atoms with Crippen molar-refractivity contribution in [1.82, 2.24) is 9.55 Å². The van der Waals surface area contributed by atoms with Crippen molar-refractivity contribution in [2.75, 3.05) is 13.7 Å². The largest absolute Gasteiger partial charge is 0.383 e. The minimum absolute atomic E-state index is 0.178. The molecule has 0 saturated carbocycles. The summed E-state index contributed by atoms with van der Waals surface area (Å²) in [4.78, 5) is 4.49. The lowest BCUT2D eigenvalue weighted by molar-refractivity contribution is 0.163. The topological polar surface area (TPSA) is 27.1 Å². The first-order valence-electron chi connectivity index (χ1n) is 5.38. The quantitative estimate of drug-likeness (QED) is 0.795. The molecule has 5 heteroatoms. The Kier molecular flexibility index (Phi) is 3.92. The number of methoxy groups -OCH3 is 1. The second-order valence-electron chi connectivity index (χ2n) is 3.97. The molecule has 0 aliphatic rings. The van der Waals surface area contributed by atoms with E-state index in [1.165, 1.54) is 0 Å². The van der Waals surface area contributed by atoms with Gasteiger partial charge in [0.1, 0.15) is 5.82 Å². The van der Waals surface area contributed by atoms with Gasteiger partial charge in [-0.25, -0.2) is 4.98 Å². The van der Waals surface area contributed by atoms with E-state index in [2.05, 4.69) is 16.5 Å². The number of rotatable bonds is 4. The molecule has 2 rings (SSSR count). The van der Waals surface area contributed by atoms with Gasteiger partial charge in [-0.3, -0.25) is 0 Å². The highest BCUT2D eigenvalue weighted by Gasteiger charge is 2.15. The molecule has 0 amide bonds. The molecular formula is C12H14Cl2N2O. The Balaban J connectivity index is 2.60. The standard InChI is InChI=1S/C12H14Cl2N2O/c1-8(7-17-2)16-11-5-9(14)3-4-10(11)15-12(16)6-13/h3-5,8H,6-7H2,1-2H3. The van der Waals surface area contributed by atoms with Crippen molar-refractivity contribution in [2.24, 2.45) is 0 Å². The minimum atomic E-state index is 0.178. The number of ether oxygens (including phenoxy) is 1. The van der Waals surface area contributed by atoms with Gasteiger partial charge in [0.15, 0.2) is 0 Å². The van der Waals surface area contributed by atoms with Crippen LogP contribution in [0, 0.1) is 0 Å². The summed E-state index contributed by atoms with van der Waals surface area (Å²) >= 11 is 11.9. The highest BCUT2D eigenvalue weighted by molar-refractivity contribution is 6.31. The van der Waals surface area contributed by atoms with Gasteiger partial charge >= 0.3 is 0 Å². The smallest absolute Gasteiger partial charge is 0.125 e. The molecule has 0 fully saturated rings. The molecule has 1 aromatic heterocycles. The molecule has 17 heavy (non-hydrogen) atoms. The minimum Gasteiger partial charge on any atom is -0.383 e. The van der Waals surface area contributed by atoms with Crippen LogP contribution in [0.15, 0.2) is 18.2 Å². The van der Waals surface area contributed by atoms with Gasteiger partial charge < -0.3 is 9.30 Å². The summed E-state index contributed by atoms with van der Waals surface area (Å²) in [6.07, 6.45) is 0. The number of imidazole rings is 1. The number of benzene rings is 1. The van der Waals surface area contributed by atoms with Gasteiger partial charge in [-0.2, -0.15) is 0 Å². The summed E-state index contributed by atoms with van der Waals surface area (Å²) in [5, 5.41) is 0.699. The van der Waals surface area contributed by atoms with Crippen molar-refractivity contribution in [3.63, 3.8) is 0 Å². The van der Waals surface area contributed by atoms with Gasteiger partial charge in [-0.1, -0.05) is 11.6 Å². The fourth-order valence-electron chi connectivity index (χ4n) is 2.02. The summed E-state index contributed by atoms with van der Waals surface area (Å²) < 4.78 is 7.26. The average molecular weight is 273 g/mol. The van der Waals surface area contributed by atoms with Crippen molar-refractivity contribution in [1.29, 1.82) is 0 Å². The predicted octanol–water partition coefficient (Wildman–Crippen LogP) is 3.64. The Morgan fingerprint density at radius 3 is 2.88 bits per heavy atom. The summed E-state index contributed by atoms with van der Waals surface area (Å²) in [5.74, 6) is 1.22. The van der Waals surface area contributed by atoms with Crippen LogP contribution >= 0.6 is 23.2 Å². The first kappa shape index (κ1) is 12.7. The van der Waals surface area contributed by atoms with E-state index in [1.54, 1.807) is 7.11 Å². The Hall–Kier alpha value is -0.770. The molecule has 0 aliphatic carbocycles. The van der Waals surface area contributed by atoms with Gasteiger partial charge in [0, 0.05) is 12.1 Å². The predicted molar refractivity (Wildman–Crippen MR) is 70.9 cm³/mol. The summed E-state index contributed by atoms with van der Waals surface area (Å²) in [7, 11) is 1.68. The number of fused-ring (bicyclic) bond motifs is 1. The lowest BCUT2D eigenvalue weighted by Crippen LogP contribution is -2.13. The van der Waals surface area contributed by atoms with Crippen LogP contribution in [-0.4, -0.2) is 23.3 Å². The Morgan fingerprint density at radius 1 is 1.47 bits per heavy atom. The monoisotopic (exact) mass is 272 g/mol. The lowest BCUT2D eigenvalue weighted by Gasteiger charge is -2.15. The van der Waals surface area contributed by atoms with Crippen LogP contribution in [0.25, 0.3) is 11.0 Å². The zero-order chi connectivity index (χ0) is 12.4. The van der Waals surface area contributed by atoms with E-state index in [9.17, 15) is 0 Å². The zero-order valence-corrected chi connectivity index (χ0v) is 11.3. The van der Waals surface area contributed by atoms with Gasteiger partial charge in [-0.15, -0.1) is 11.6 Å². The fraction of sp³-hybridized carbons (Fsp3) is 0.417. The van der Waals surface area contributed by atoms with Crippen molar-refractivity contribution < 1.29 is 4.74 Å². The number of halogens is 2. The second kappa shape index (κ2) is 5.25. The molecule has 0 radical (unpaired) electrons. The number of alkyl halides is 1. The van der Waals surface area contributed by atoms with Gasteiger partial charge in [0.05, 0.1) is 29.6 Å². The summed E-state index contributed by atoms with van der Waals surface area (Å²) in [6.45, 7) is 2.68. The normalized spacial score (nSPS) is 13.2. The van der Waals surface area contributed by atoms with Crippen LogP contribution in [0.5, 0.6) is 0 Å². The van der Waals surface area contributed by atoms with Gasteiger partial charge in [0.2, 0.25) is 0 Å². The van der Waals surface area contributed by atoms with Crippen LogP contribution in [0.1, 0.15) is 18.8 Å². The second-order valence-corrected chi connectivity index (χ2v) is 4.67. The maximum atomic E-state index is 6.02. The molecule has 0 bridgehead atoms. The zero-order valence-electron chi connectivity index (χ0n) is 9.78. The van der Waals surface area contributed by atoms with E-state index in [4.69, 9.17) is 27.9 Å². The molecule has 92 valence electrons. The van der Waals surface area contributed by atoms with E-state index < -0.39 is 0 Å². The fourth-order valence-corrected chi connectivity index (χ4v) is 2.37. The van der Waals surface area contributed by atoms with Gasteiger partial charge in [0.25, 0.3) is 0 Å². The number of hydrogen-bond acceptors (Lipinski definition) is 2. The molecule has 3 nitrogen and oxygen atoms in total. The molecule has 0 spiro atoms. The lowest BCUT2D eigenvalue weighted by atomic mass is 10.3. The molecule has 1 atom stereocenters. The molecule has 1 aromatic carbocycles. The first-order valence-corrected chi connectivity index (χ1v) is 6.30. The van der Waals surface area contributed by atoms with Gasteiger partial charge in [-0.05, 0) is 25.1 Å². The molecule has 1 heterocycles. The molecule has 0 N–H and O–H groups in total. The van der Waals surface area contributed by atoms with Crippen LogP contribution in [0.2, 0.25) is 5.02 Å². The number of hydrogen-bond donors (Lipinski definition) is 0. The number of nitrogens with zero attached hydrogens (tertiary/aromatic N) is 2. The average Bonchev–Trinajstić information content (AvgIpc) is 2.66. The molecule has 0 aliphatic heterocycles. The third kappa shape index (κ3) is 2.41. The summed E-state index contributed by atoms with van der Waals surface area (Å²) in [5.41, 5.74) is 1.91. The van der Waals surface area contributed by atoms with Crippen LogP contribution < -0.4 is 0 Å². The van der Waals surface area contributed by atoms with E-state index in [1.807, 2.05) is 18.2 Å². The third-order valence-corrected chi connectivity index (χ3v) is 3.17. The van der Waals surface area contributed by atoms with E-state index in [0.717, 1.165) is 16.9 Å². The Morgan fingerprint density at radius 2 is 2.24 bits per heavy atom. The maximum absolute atomic E-state index is 6.02. The number of aromatic nitrogens is 2. The molecule has 1 unspecified atom stereocenters. The van der Waals surface area contributed by atoms with Crippen molar-refractivity contribution in [2.45, 2.75) is 18.8 Å². The van der Waals surface area contributed by atoms with Crippen LogP contribution in [0.4, 0.5) is 0 Å². The van der Waals surface area contributed by atoms with Crippen molar-refractivity contribution in [3.05, 3.63) is 29.0 Å². The van der Waals surface area contributed by atoms with Crippen LogP contribution in [0.3, 0.4) is 0 Å². The highest BCUT2D eigenvalue weighted by atomic mass is 35.5. The Labute approximate surface area is 110 Å². The van der Waals surface area contributed by atoms with Crippen molar-refractivity contribution >= 4 is 34.2 Å². The molecular weight excluding hydrogens is 259 g/mol. The van der Waals surface area contributed by atoms with E-state index in [-0.39, 0.29) is 6.04 Å². The van der Waals surface area contributed by atoms with E-state index >= 15 is 0 Å². The van der Waals surface area contributed by atoms with Crippen molar-refractivity contribution in [3.8, 4) is 0 Å². The van der Waals surface area contributed by atoms with E-state index in [0.29, 0.717) is 17.5 Å². The SMILES string of the molecule is COCC(C)n1c(CCl)nc2ccc(Cl)cc21. The molecule has 0 saturated heterocycles. The molecule has 2 aromatic rings. The Bertz CT molecular complexity index is 524. The van der Waals surface area contributed by atoms with Crippen LogP contribution in [-0.2, 0) is 10.6 Å². The first-order chi connectivity index (χ1) is 8.17. The third-order valence-electron chi connectivity index (χ3n) is 2.69.